The Labute approximate surface area is 222 Å². The molecule has 0 aliphatic carbocycles. The molecule has 0 aliphatic rings. The molecule has 202 valence electrons. The number of nitrogens with one attached hydrogen (secondary N) is 2. The van der Waals surface area contributed by atoms with Crippen molar-refractivity contribution in [3.05, 3.63) is 71.8 Å². The van der Waals surface area contributed by atoms with Crippen LogP contribution in [0.4, 0.5) is 4.79 Å². The summed E-state index contributed by atoms with van der Waals surface area (Å²) in [4.78, 5) is 42.0. The van der Waals surface area contributed by atoms with Crippen LogP contribution in [0.15, 0.2) is 60.7 Å². The van der Waals surface area contributed by atoms with Gasteiger partial charge in [0.25, 0.3) is 0 Å². The highest BCUT2D eigenvalue weighted by atomic mass is 16.6. The van der Waals surface area contributed by atoms with Gasteiger partial charge in [-0.25, -0.2) is 4.79 Å². The van der Waals surface area contributed by atoms with E-state index in [2.05, 4.69) is 17.6 Å². The van der Waals surface area contributed by atoms with Gasteiger partial charge in [-0.05, 0) is 44.2 Å². The summed E-state index contributed by atoms with van der Waals surface area (Å²) in [6.07, 6.45) is 1.98. The molecule has 2 atom stereocenters. The van der Waals surface area contributed by atoms with E-state index in [0.717, 1.165) is 30.4 Å². The second-order valence-electron chi connectivity index (χ2n) is 10.6. The van der Waals surface area contributed by atoms with E-state index < -0.39 is 23.8 Å². The van der Waals surface area contributed by atoms with Gasteiger partial charge in [-0.2, -0.15) is 0 Å². The molecule has 0 heterocycles. The largest absolute Gasteiger partial charge is 0.444 e. The molecular weight excluding hydrogens is 466 g/mol. The lowest BCUT2D eigenvalue weighted by molar-refractivity contribution is -0.143. The molecule has 2 unspecified atom stereocenters. The van der Waals surface area contributed by atoms with Gasteiger partial charge in [-0.3, -0.25) is 9.59 Å². The van der Waals surface area contributed by atoms with Gasteiger partial charge in [-0.1, -0.05) is 94.3 Å². The molecule has 0 fully saturated rings. The predicted molar refractivity (Wildman–Crippen MR) is 147 cm³/mol. The number of amides is 3. The smallest absolute Gasteiger partial charge is 0.408 e. The lowest BCUT2D eigenvalue weighted by Crippen LogP contribution is -2.55. The lowest BCUT2D eigenvalue weighted by Gasteiger charge is -2.35. The second kappa shape index (κ2) is 14.4. The Morgan fingerprint density at radius 3 is 2.05 bits per heavy atom. The van der Waals surface area contributed by atoms with Crippen LogP contribution in [-0.4, -0.2) is 41.0 Å². The maximum Gasteiger partial charge on any atom is 0.408 e. The molecule has 0 bridgehead atoms. The van der Waals surface area contributed by atoms with Crippen LogP contribution in [0.2, 0.25) is 0 Å². The summed E-state index contributed by atoms with van der Waals surface area (Å²) in [7, 11) is 0. The average molecular weight is 510 g/mol. The third-order valence-electron chi connectivity index (χ3n) is 5.88. The Morgan fingerprint density at radius 2 is 1.51 bits per heavy atom. The van der Waals surface area contributed by atoms with Gasteiger partial charge >= 0.3 is 6.09 Å². The van der Waals surface area contributed by atoms with Crippen LogP contribution >= 0.6 is 0 Å². The number of nitrogens with zero attached hydrogens (tertiary/aromatic N) is 1. The Morgan fingerprint density at radius 1 is 0.919 bits per heavy atom. The normalized spacial score (nSPS) is 12.9. The highest BCUT2D eigenvalue weighted by Crippen LogP contribution is 2.25. The minimum atomic E-state index is -0.843. The van der Waals surface area contributed by atoms with Crippen molar-refractivity contribution in [2.24, 2.45) is 5.92 Å². The molecule has 2 rings (SSSR count). The summed E-state index contributed by atoms with van der Waals surface area (Å²) >= 11 is 0. The molecule has 2 N–H and O–H groups in total. The van der Waals surface area contributed by atoms with E-state index in [1.807, 2.05) is 74.5 Å². The summed E-state index contributed by atoms with van der Waals surface area (Å²) in [6, 6.07) is 17.3. The molecule has 7 heteroatoms. The number of carbonyl (C=O) groups is 3. The lowest BCUT2D eigenvalue weighted by atomic mass is 9.98. The zero-order valence-electron chi connectivity index (χ0n) is 23.1. The fraction of sp³-hybridized carbons (Fsp3) is 0.500. The number of carbonyl (C=O) groups excluding carboxylic acids is 3. The molecule has 2 aromatic carbocycles. The van der Waals surface area contributed by atoms with Crippen LogP contribution in [0.1, 0.15) is 78.0 Å². The summed E-state index contributed by atoms with van der Waals surface area (Å²) < 4.78 is 5.43. The molecule has 3 amide bonds. The van der Waals surface area contributed by atoms with E-state index in [1.165, 1.54) is 0 Å². The summed E-state index contributed by atoms with van der Waals surface area (Å²) in [5.74, 6) is -0.780. The van der Waals surface area contributed by atoms with E-state index in [9.17, 15) is 14.4 Å². The fourth-order valence-corrected chi connectivity index (χ4v) is 4.02. The minimum Gasteiger partial charge on any atom is -0.444 e. The highest BCUT2D eigenvalue weighted by Gasteiger charge is 2.37. The van der Waals surface area contributed by atoms with Crippen molar-refractivity contribution >= 4 is 17.9 Å². The number of hydrogen-bond acceptors (Lipinski definition) is 4. The van der Waals surface area contributed by atoms with Gasteiger partial charge in [0.1, 0.15) is 17.7 Å². The van der Waals surface area contributed by atoms with Crippen molar-refractivity contribution in [2.75, 3.05) is 6.54 Å². The first-order valence-electron chi connectivity index (χ1n) is 13.2. The van der Waals surface area contributed by atoms with Gasteiger partial charge < -0.3 is 20.3 Å². The Hall–Kier alpha value is -3.35. The van der Waals surface area contributed by atoms with E-state index >= 15 is 0 Å². The number of benzene rings is 2. The quantitative estimate of drug-likeness (QED) is 0.364. The molecule has 0 aliphatic heterocycles. The van der Waals surface area contributed by atoms with Gasteiger partial charge in [0.2, 0.25) is 11.8 Å². The number of ether oxygens (including phenoxy) is 1. The third kappa shape index (κ3) is 9.90. The molecule has 0 radical (unpaired) electrons. The third-order valence-corrected chi connectivity index (χ3v) is 5.88. The van der Waals surface area contributed by atoms with Crippen molar-refractivity contribution in [1.29, 1.82) is 0 Å². The van der Waals surface area contributed by atoms with Gasteiger partial charge in [0.15, 0.2) is 0 Å². The van der Waals surface area contributed by atoms with Gasteiger partial charge in [0, 0.05) is 13.1 Å². The van der Waals surface area contributed by atoms with Crippen LogP contribution in [-0.2, 0) is 20.9 Å². The monoisotopic (exact) mass is 509 g/mol. The molecule has 0 saturated heterocycles. The van der Waals surface area contributed by atoms with E-state index in [-0.39, 0.29) is 17.7 Å². The fourth-order valence-electron chi connectivity index (χ4n) is 4.02. The number of rotatable bonds is 12. The van der Waals surface area contributed by atoms with E-state index in [4.69, 9.17) is 4.74 Å². The van der Waals surface area contributed by atoms with Crippen LogP contribution in [0.3, 0.4) is 0 Å². The zero-order valence-corrected chi connectivity index (χ0v) is 23.1. The maximum absolute atomic E-state index is 14.0. The van der Waals surface area contributed by atoms with Crippen LogP contribution < -0.4 is 10.6 Å². The first-order valence-corrected chi connectivity index (χ1v) is 13.2. The van der Waals surface area contributed by atoms with Crippen molar-refractivity contribution < 1.29 is 19.1 Å². The minimum absolute atomic E-state index is 0.211. The van der Waals surface area contributed by atoms with Gasteiger partial charge in [0.05, 0.1) is 0 Å². The SMILES string of the molecule is CCCCCN(C(=O)C(NC(=O)OC(C)(C)C)C(C)C)C(C(=O)NCc1ccccc1)c1ccccc1. The number of hydrogen-bond donors (Lipinski definition) is 2. The average Bonchev–Trinajstić information content (AvgIpc) is 2.85. The molecule has 0 spiro atoms. The Kier molecular flexibility index (Phi) is 11.6. The Balaban J connectivity index is 2.40. The first-order chi connectivity index (χ1) is 17.5. The number of unbranched alkanes of at least 4 members (excludes halogenated alkanes) is 2. The molecule has 2 aromatic rings. The number of alkyl carbamates (subject to hydrolysis) is 1. The molecule has 37 heavy (non-hydrogen) atoms. The summed E-state index contributed by atoms with van der Waals surface area (Å²) in [5.41, 5.74) is 0.996. The van der Waals surface area contributed by atoms with Crippen LogP contribution in [0.25, 0.3) is 0 Å². The topological polar surface area (TPSA) is 87.7 Å². The van der Waals surface area contributed by atoms with Crippen LogP contribution in [0.5, 0.6) is 0 Å². The van der Waals surface area contributed by atoms with Crippen LogP contribution in [0, 0.1) is 5.92 Å². The maximum atomic E-state index is 14.0. The van der Waals surface area contributed by atoms with Crippen molar-refractivity contribution in [2.45, 2.75) is 85.0 Å². The molecule has 0 aromatic heterocycles. The molecule has 7 nitrogen and oxygen atoms in total. The second-order valence-corrected chi connectivity index (χ2v) is 10.6. The van der Waals surface area contributed by atoms with E-state index in [1.54, 1.807) is 25.7 Å². The van der Waals surface area contributed by atoms with Crippen molar-refractivity contribution in [3.8, 4) is 0 Å². The van der Waals surface area contributed by atoms with Crippen molar-refractivity contribution in [3.63, 3.8) is 0 Å². The van der Waals surface area contributed by atoms with Gasteiger partial charge in [-0.15, -0.1) is 0 Å². The highest BCUT2D eigenvalue weighted by molar-refractivity contribution is 5.92. The van der Waals surface area contributed by atoms with Crippen molar-refractivity contribution in [1.82, 2.24) is 15.5 Å². The standard InChI is InChI=1S/C30H43N3O4/c1-7-8-15-20-33(28(35)25(22(2)3)32-29(36)37-30(4,5)6)26(24-18-13-10-14-19-24)27(34)31-21-23-16-11-9-12-17-23/h9-14,16-19,22,25-26H,7-8,15,20-21H2,1-6H3,(H,31,34)(H,32,36). The summed E-state index contributed by atoms with van der Waals surface area (Å²) in [6.45, 7) is 11.9. The molecular formula is C30H43N3O4. The predicted octanol–water partition coefficient (Wildman–Crippen LogP) is 5.61. The first kappa shape index (κ1) is 29.9. The van der Waals surface area contributed by atoms with E-state index in [0.29, 0.717) is 13.1 Å². The Bertz CT molecular complexity index is 987. The molecule has 0 saturated carbocycles. The summed E-state index contributed by atoms with van der Waals surface area (Å²) in [5, 5.41) is 5.78. The zero-order chi connectivity index (χ0) is 27.4.